The molecule has 0 aliphatic carbocycles. The second-order valence-corrected chi connectivity index (χ2v) is 8.20. The van der Waals surface area contributed by atoms with Gasteiger partial charge in [0, 0.05) is 49.2 Å². The number of nitrogens with zero attached hydrogens (tertiary/aromatic N) is 5. The zero-order chi connectivity index (χ0) is 18.7. The van der Waals surface area contributed by atoms with Crippen molar-refractivity contribution >= 4 is 5.91 Å². The predicted octanol–water partition coefficient (Wildman–Crippen LogP) is 3.19. The maximum Gasteiger partial charge on any atom is 0.227 e. The molecule has 2 aromatic rings. The van der Waals surface area contributed by atoms with E-state index in [4.69, 9.17) is 0 Å². The standard InChI is InChI=1S/C20H29N5O/c1-5-9-25-14-16(12-23-25)18-17(21-7-8-22-18)11-15-6-10-24(13-15)19(26)20(2,3)4/h7-8,12,14-15H,5-6,9-11,13H2,1-4H3/t15-/m1/s1. The molecule has 3 rings (SSSR count). The highest BCUT2D eigenvalue weighted by Gasteiger charge is 2.33. The van der Waals surface area contributed by atoms with Crippen LogP contribution in [0.5, 0.6) is 0 Å². The summed E-state index contributed by atoms with van der Waals surface area (Å²) >= 11 is 0. The lowest BCUT2D eigenvalue weighted by Gasteiger charge is -2.25. The fraction of sp³-hybridized carbons (Fsp3) is 0.600. The fourth-order valence-corrected chi connectivity index (χ4v) is 3.53. The monoisotopic (exact) mass is 355 g/mol. The number of hydrogen-bond donors (Lipinski definition) is 0. The summed E-state index contributed by atoms with van der Waals surface area (Å²) in [6, 6.07) is 0. The molecule has 0 radical (unpaired) electrons. The molecule has 26 heavy (non-hydrogen) atoms. The summed E-state index contributed by atoms with van der Waals surface area (Å²) in [5.74, 6) is 0.669. The van der Waals surface area contributed by atoms with Crippen molar-refractivity contribution in [3.8, 4) is 11.3 Å². The molecule has 0 unspecified atom stereocenters. The van der Waals surface area contributed by atoms with E-state index < -0.39 is 0 Å². The third kappa shape index (κ3) is 4.11. The number of carbonyl (C=O) groups is 1. The Morgan fingerprint density at radius 2 is 2.04 bits per heavy atom. The minimum Gasteiger partial charge on any atom is -0.342 e. The van der Waals surface area contributed by atoms with Gasteiger partial charge in [0.2, 0.25) is 5.91 Å². The fourth-order valence-electron chi connectivity index (χ4n) is 3.53. The van der Waals surface area contributed by atoms with Crippen molar-refractivity contribution in [3.05, 3.63) is 30.5 Å². The highest BCUT2D eigenvalue weighted by Crippen LogP contribution is 2.28. The van der Waals surface area contributed by atoms with Crippen LogP contribution in [-0.4, -0.2) is 43.6 Å². The van der Waals surface area contributed by atoms with Crippen LogP contribution in [-0.2, 0) is 17.8 Å². The van der Waals surface area contributed by atoms with Crippen LogP contribution in [0.3, 0.4) is 0 Å². The van der Waals surface area contributed by atoms with Gasteiger partial charge >= 0.3 is 0 Å². The third-order valence-electron chi connectivity index (χ3n) is 4.83. The maximum atomic E-state index is 12.5. The van der Waals surface area contributed by atoms with Gasteiger partial charge in [-0.2, -0.15) is 5.10 Å². The Hall–Kier alpha value is -2.24. The number of amides is 1. The van der Waals surface area contributed by atoms with Crippen molar-refractivity contribution in [2.75, 3.05) is 13.1 Å². The summed E-state index contributed by atoms with van der Waals surface area (Å²) in [6.45, 7) is 10.6. The molecular weight excluding hydrogens is 326 g/mol. The average molecular weight is 355 g/mol. The van der Waals surface area contributed by atoms with Crippen molar-refractivity contribution in [1.29, 1.82) is 0 Å². The molecule has 3 heterocycles. The summed E-state index contributed by atoms with van der Waals surface area (Å²) < 4.78 is 1.95. The van der Waals surface area contributed by atoms with E-state index in [0.717, 1.165) is 55.8 Å². The smallest absolute Gasteiger partial charge is 0.227 e. The summed E-state index contributed by atoms with van der Waals surface area (Å²) in [7, 11) is 0. The minimum absolute atomic E-state index is 0.236. The number of carbonyl (C=O) groups excluding carboxylic acids is 1. The van der Waals surface area contributed by atoms with Crippen LogP contribution in [0.25, 0.3) is 11.3 Å². The lowest BCUT2D eigenvalue weighted by atomic mass is 9.95. The zero-order valence-corrected chi connectivity index (χ0v) is 16.3. The highest BCUT2D eigenvalue weighted by atomic mass is 16.2. The van der Waals surface area contributed by atoms with Gasteiger partial charge in [0.15, 0.2) is 0 Å². The van der Waals surface area contributed by atoms with E-state index in [1.54, 1.807) is 12.4 Å². The van der Waals surface area contributed by atoms with Gasteiger partial charge in [0.1, 0.15) is 0 Å². The van der Waals surface area contributed by atoms with Gasteiger partial charge in [0.25, 0.3) is 0 Å². The van der Waals surface area contributed by atoms with Crippen LogP contribution in [0.2, 0.25) is 0 Å². The van der Waals surface area contributed by atoms with E-state index in [1.807, 2.05) is 42.7 Å². The van der Waals surface area contributed by atoms with Crippen molar-refractivity contribution in [2.24, 2.45) is 11.3 Å². The van der Waals surface area contributed by atoms with E-state index in [-0.39, 0.29) is 11.3 Å². The van der Waals surface area contributed by atoms with E-state index >= 15 is 0 Å². The molecule has 1 fully saturated rings. The summed E-state index contributed by atoms with van der Waals surface area (Å²) in [6.07, 6.45) is 10.3. The molecular formula is C20H29N5O. The average Bonchev–Trinajstić information content (AvgIpc) is 3.24. The largest absolute Gasteiger partial charge is 0.342 e. The highest BCUT2D eigenvalue weighted by molar-refractivity contribution is 5.81. The number of aryl methyl sites for hydroxylation is 1. The Bertz CT molecular complexity index is 762. The van der Waals surface area contributed by atoms with Crippen molar-refractivity contribution in [1.82, 2.24) is 24.6 Å². The second-order valence-electron chi connectivity index (χ2n) is 8.20. The van der Waals surface area contributed by atoms with Gasteiger partial charge in [-0.1, -0.05) is 27.7 Å². The predicted molar refractivity (Wildman–Crippen MR) is 101 cm³/mol. The Labute approximate surface area is 155 Å². The van der Waals surface area contributed by atoms with Gasteiger partial charge in [-0.3, -0.25) is 19.4 Å². The molecule has 0 aromatic carbocycles. The van der Waals surface area contributed by atoms with Gasteiger partial charge in [-0.15, -0.1) is 0 Å². The molecule has 1 saturated heterocycles. The molecule has 1 aliphatic rings. The number of aromatic nitrogens is 4. The first kappa shape index (κ1) is 18.5. The van der Waals surface area contributed by atoms with Crippen LogP contribution in [0, 0.1) is 11.3 Å². The zero-order valence-electron chi connectivity index (χ0n) is 16.3. The topological polar surface area (TPSA) is 63.9 Å². The van der Waals surface area contributed by atoms with Gasteiger partial charge < -0.3 is 4.90 Å². The van der Waals surface area contributed by atoms with E-state index in [2.05, 4.69) is 22.0 Å². The van der Waals surface area contributed by atoms with Gasteiger partial charge in [-0.05, 0) is 25.2 Å². The van der Waals surface area contributed by atoms with E-state index in [1.165, 1.54) is 0 Å². The first-order valence-corrected chi connectivity index (χ1v) is 9.50. The SMILES string of the molecule is CCCn1cc(-c2nccnc2C[C@H]2CCN(C(=O)C(C)(C)C)C2)cn1. The Morgan fingerprint density at radius 1 is 1.27 bits per heavy atom. The normalized spacial score (nSPS) is 17.7. The molecule has 6 nitrogen and oxygen atoms in total. The molecule has 0 bridgehead atoms. The third-order valence-corrected chi connectivity index (χ3v) is 4.83. The molecule has 140 valence electrons. The van der Waals surface area contributed by atoms with Crippen molar-refractivity contribution < 1.29 is 4.79 Å². The molecule has 1 atom stereocenters. The molecule has 1 aliphatic heterocycles. The van der Waals surface area contributed by atoms with Gasteiger partial charge in [0.05, 0.1) is 17.6 Å². The lowest BCUT2D eigenvalue weighted by Crippen LogP contribution is -2.38. The van der Waals surface area contributed by atoms with Crippen molar-refractivity contribution in [2.45, 2.75) is 53.5 Å². The van der Waals surface area contributed by atoms with E-state index in [0.29, 0.717) is 5.92 Å². The quantitative estimate of drug-likeness (QED) is 0.826. The van der Waals surface area contributed by atoms with Crippen molar-refractivity contribution in [3.63, 3.8) is 0 Å². The van der Waals surface area contributed by atoms with E-state index in [9.17, 15) is 4.79 Å². The van der Waals surface area contributed by atoms with Crippen LogP contribution < -0.4 is 0 Å². The minimum atomic E-state index is -0.319. The first-order valence-electron chi connectivity index (χ1n) is 9.50. The number of likely N-dealkylation sites (tertiary alicyclic amines) is 1. The number of hydrogen-bond acceptors (Lipinski definition) is 4. The van der Waals surface area contributed by atoms with Crippen LogP contribution in [0.4, 0.5) is 0 Å². The summed E-state index contributed by atoms with van der Waals surface area (Å²) in [5, 5.41) is 4.41. The Kier molecular flexibility index (Phi) is 5.39. The number of rotatable bonds is 5. The van der Waals surface area contributed by atoms with Crippen LogP contribution in [0.1, 0.15) is 46.2 Å². The molecule has 1 amide bonds. The molecule has 6 heteroatoms. The molecule has 2 aromatic heterocycles. The second kappa shape index (κ2) is 7.56. The molecule has 0 saturated carbocycles. The summed E-state index contributed by atoms with van der Waals surface area (Å²) in [5.41, 5.74) is 2.61. The first-order chi connectivity index (χ1) is 12.4. The Morgan fingerprint density at radius 3 is 2.77 bits per heavy atom. The maximum absolute atomic E-state index is 12.5. The Balaban J connectivity index is 1.72. The van der Waals surface area contributed by atoms with Crippen LogP contribution >= 0.6 is 0 Å². The lowest BCUT2D eigenvalue weighted by molar-refractivity contribution is -0.138. The molecule has 0 N–H and O–H groups in total. The molecule has 0 spiro atoms. The summed E-state index contributed by atoms with van der Waals surface area (Å²) in [4.78, 5) is 23.7. The van der Waals surface area contributed by atoms with Gasteiger partial charge in [-0.25, -0.2) is 0 Å². The van der Waals surface area contributed by atoms with Crippen LogP contribution in [0.15, 0.2) is 24.8 Å².